The van der Waals surface area contributed by atoms with E-state index in [0.717, 1.165) is 26.5 Å². The number of hydrogen-bond donors (Lipinski definition) is 1. The van der Waals surface area contributed by atoms with Crippen molar-refractivity contribution in [1.82, 2.24) is 4.98 Å². The number of carbonyl (C=O) groups is 1. The molecule has 0 unspecified atom stereocenters. The van der Waals surface area contributed by atoms with E-state index in [1.807, 2.05) is 67.6 Å². The van der Waals surface area contributed by atoms with Gasteiger partial charge in [0.15, 0.2) is 0 Å². The third-order valence-electron chi connectivity index (χ3n) is 4.10. The van der Waals surface area contributed by atoms with Gasteiger partial charge < -0.3 is 10.1 Å². The van der Waals surface area contributed by atoms with Gasteiger partial charge in [-0.05, 0) is 48.9 Å². The minimum Gasteiger partial charge on any atom is -0.489 e. The number of ether oxygens (including phenoxy) is 1. The van der Waals surface area contributed by atoms with Gasteiger partial charge in [-0.3, -0.25) is 4.79 Å². The molecule has 1 aromatic heterocycles. The molecule has 27 heavy (non-hydrogen) atoms. The van der Waals surface area contributed by atoms with Crippen molar-refractivity contribution in [2.45, 2.75) is 13.5 Å². The molecule has 0 aliphatic carbocycles. The molecule has 0 saturated carbocycles. The number of aromatic nitrogens is 1. The standard InChI is InChI=1S/C22H18N2O2S/c1-15-23-20-11-10-18(13-21(20)27-15)24-22(25)17-8-5-9-19(12-17)26-14-16-6-3-2-4-7-16/h2-13H,14H2,1H3,(H,24,25). The van der Waals surface area contributed by atoms with E-state index >= 15 is 0 Å². The van der Waals surface area contributed by atoms with Gasteiger partial charge in [0.25, 0.3) is 5.91 Å². The summed E-state index contributed by atoms with van der Waals surface area (Å²) in [5.74, 6) is 0.501. The Morgan fingerprint density at radius 1 is 1.04 bits per heavy atom. The lowest BCUT2D eigenvalue weighted by atomic mass is 10.2. The lowest BCUT2D eigenvalue weighted by molar-refractivity contribution is 0.102. The van der Waals surface area contributed by atoms with Crippen molar-refractivity contribution in [3.63, 3.8) is 0 Å². The molecule has 4 aromatic rings. The highest BCUT2D eigenvalue weighted by atomic mass is 32.1. The Morgan fingerprint density at radius 2 is 1.89 bits per heavy atom. The molecule has 1 N–H and O–H groups in total. The molecule has 3 aromatic carbocycles. The van der Waals surface area contributed by atoms with E-state index in [0.29, 0.717) is 17.9 Å². The third kappa shape index (κ3) is 4.15. The van der Waals surface area contributed by atoms with Crippen LogP contribution in [-0.2, 0) is 6.61 Å². The number of nitrogens with zero attached hydrogens (tertiary/aromatic N) is 1. The van der Waals surface area contributed by atoms with Crippen LogP contribution in [0.5, 0.6) is 5.75 Å². The first-order valence-electron chi connectivity index (χ1n) is 8.63. The fourth-order valence-corrected chi connectivity index (χ4v) is 3.66. The zero-order chi connectivity index (χ0) is 18.6. The van der Waals surface area contributed by atoms with E-state index in [9.17, 15) is 4.79 Å². The Hall–Kier alpha value is -3.18. The molecule has 0 aliphatic rings. The van der Waals surface area contributed by atoms with Crippen LogP contribution in [0.3, 0.4) is 0 Å². The van der Waals surface area contributed by atoms with Gasteiger partial charge in [0.1, 0.15) is 12.4 Å². The molecule has 1 amide bonds. The minimum absolute atomic E-state index is 0.166. The molecular weight excluding hydrogens is 356 g/mol. The van der Waals surface area contributed by atoms with E-state index < -0.39 is 0 Å². The fourth-order valence-electron chi connectivity index (χ4n) is 2.79. The Morgan fingerprint density at radius 3 is 2.74 bits per heavy atom. The molecule has 4 nitrogen and oxygen atoms in total. The van der Waals surface area contributed by atoms with Crippen LogP contribution in [0.15, 0.2) is 72.8 Å². The van der Waals surface area contributed by atoms with Crippen LogP contribution in [0.25, 0.3) is 10.2 Å². The first kappa shape index (κ1) is 17.2. The summed E-state index contributed by atoms with van der Waals surface area (Å²) in [6, 6.07) is 22.9. The van der Waals surface area contributed by atoms with Crippen LogP contribution < -0.4 is 10.1 Å². The van der Waals surface area contributed by atoms with E-state index in [1.54, 1.807) is 23.5 Å². The van der Waals surface area contributed by atoms with Crippen molar-refractivity contribution in [2.24, 2.45) is 0 Å². The van der Waals surface area contributed by atoms with Crippen molar-refractivity contribution < 1.29 is 9.53 Å². The zero-order valence-electron chi connectivity index (χ0n) is 14.8. The summed E-state index contributed by atoms with van der Waals surface area (Å²) in [5.41, 5.74) is 3.35. The second-order valence-corrected chi connectivity index (χ2v) is 7.41. The molecule has 0 saturated heterocycles. The van der Waals surface area contributed by atoms with Crippen molar-refractivity contribution >= 4 is 33.1 Å². The van der Waals surface area contributed by atoms with Gasteiger partial charge in [0.05, 0.1) is 15.2 Å². The van der Waals surface area contributed by atoms with E-state index in [4.69, 9.17) is 4.74 Å². The van der Waals surface area contributed by atoms with E-state index in [2.05, 4.69) is 10.3 Å². The van der Waals surface area contributed by atoms with Crippen LogP contribution in [0.1, 0.15) is 20.9 Å². The number of amides is 1. The van der Waals surface area contributed by atoms with Gasteiger partial charge in [-0.25, -0.2) is 4.98 Å². The second-order valence-electron chi connectivity index (χ2n) is 6.17. The molecule has 4 rings (SSSR count). The SMILES string of the molecule is Cc1nc2ccc(NC(=O)c3cccc(OCc4ccccc4)c3)cc2s1. The lowest BCUT2D eigenvalue weighted by Crippen LogP contribution is -2.11. The van der Waals surface area contributed by atoms with Crippen LogP contribution in [0.4, 0.5) is 5.69 Å². The first-order valence-corrected chi connectivity index (χ1v) is 9.44. The Balaban J connectivity index is 1.46. The summed E-state index contributed by atoms with van der Waals surface area (Å²) in [5, 5.41) is 3.96. The van der Waals surface area contributed by atoms with Crippen molar-refractivity contribution in [2.75, 3.05) is 5.32 Å². The number of rotatable bonds is 5. The van der Waals surface area contributed by atoms with Crippen molar-refractivity contribution in [3.8, 4) is 5.75 Å². The molecule has 0 aliphatic heterocycles. The van der Waals surface area contributed by atoms with Crippen molar-refractivity contribution in [1.29, 1.82) is 0 Å². The number of thiazole rings is 1. The van der Waals surface area contributed by atoms with Crippen LogP contribution in [-0.4, -0.2) is 10.9 Å². The van der Waals surface area contributed by atoms with Crippen LogP contribution in [0, 0.1) is 6.92 Å². The van der Waals surface area contributed by atoms with Gasteiger partial charge in [-0.2, -0.15) is 0 Å². The molecule has 0 fully saturated rings. The second kappa shape index (κ2) is 7.60. The average Bonchev–Trinajstić information content (AvgIpc) is 3.07. The number of aryl methyl sites for hydroxylation is 1. The van der Waals surface area contributed by atoms with Gasteiger partial charge in [-0.15, -0.1) is 11.3 Å². The predicted octanol–water partition coefficient (Wildman–Crippen LogP) is 5.44. The van der Waals surface area contributed by atoms with E-state index in [1.165, 1.54) is 0 Å². The smallest absolute Gasteiger partial charge is 0.255 e. The quantitative estimate of drug-likeness (QED) is 0.506. The number of hydrogen-bond acceptors (Lipinski definition) is 4. The number of nitrogens with one attached hydrogen (secondary N) is 1. The van der Waals surface area contributed by atoms with Crippen LogP contribution in [0.2, 0.25) is 0 Å². The predicted molar refractivity (Wildman–Crippen MR) is 110 cm³/mol. The summed E-state index contributed by atoms with van der Waals surface area (Å²) in [6.07, 6.45) is 0. The summed E-state index contributed by atoms with van der Waals surface area (Å²) >= 11 is 1.61. The molecule has 0 radical (unpaired) electrons. The van der Waals surface area contributed by atoms with E-state index in [-0.39, 0.29) is 5.91 Å². The highest BCUT2D eigenvalue weighted by molar-refractivity contribution is 7.18. The molecule has 5 heteroatoms. The zero-order valence-corrected chi connectivity index (χ0v) is 15.6. The molecular formula is C22H18N2O2S. The molecule has 134 valence electrons. The summed E-state index contributed by atoms with van der Waals surface area (Å²) < 4.78 is 6.87. The monoisotopic (exact) mass is 374 g/mol. The number of fused-ring (bicyclic) bond motifs is 1. The Labute approximate surface area is 161 Å². The molecule has 0 spiro atoms. The summed E-state index contributed by atoms with van der Waals surface area (Å²) in [6.45, 7) is 2.44. The molecule has 0 atom stereocenters. The minimum atomic E-state index is -0.166. The highest BCUT2D eigenvalue weighted by Gasteiger charge is 2.09. The highest BCUT2D eigenvalue weighted by Crippen LogP contribution is 2.25. The first-order chi connectivity index (χ1) is 13.2. The van der Waals surface area contributed by atoms with Gasteiger partial charge in [-0.1, -0.05) is 36.4 Å². The van der Waals surface area contributed by atoms with Gasteiger partial charge >= 0.3 is 0 Å². The Kier molecular flexibility index (Phi) is 4.85. The summed E-state index contributed by atoms with van der Waals surface area (Å²) in [4.78, 5) is 17.0. The molecule has 1 heterocycles. The number of benzene rings is 3. The fraction of sp³-hybridized carbons (Fsp3) is 0.0909. The maximum absolute atomic E-state index is 12.6. The van der Waals surface area contributed by atoms with Crippen molar-refractivity contribution in [3.05, 3.63) is 88.9 Å². The maximum atomic E-state index is 12.6. The largest absolute Gasteiger partial charge is 0.489 e. The number of carbonyl (C=O) groups excluding carboxylic acids is 1. The van der Waals surface area contributed by atoms with Crippen LogP contribution >= 0.6 is 11.3 Å². The van der Waals surface area contributed by atoms with Gasteiger partial charge in [0, 0.05) is 11.3 Å². The lowest BCUT2D eigenvalue weighted by Gasteiger charge is -2.09. The third-order valence-corrected chi connectivity index (χ3v) is 5.03. The number of anilines is 1. The normalized spacial score (nSPS) is 10.7. The topological polar surface area (TPSA) is 51.2 Å². The van der Waals surface area contributed by atoms with Gasteiger partial charge in [0.2, 0.25) is 0 Å². The maximum Gasteiger partial charge on any atom is 0.255 e. The molecule has 0 bridgehead atoms. The summed E-state index contributed by atoms with van der Waals surface area (Å²) in [7, 11) is 0. The Bertz CT molecular complexity index is 1090. The average molecular weight is 374 g/mol.